The van der Waals surface area contributed by atoms with E-state index in [-0.39, 0.29) is 30.4 Å². The van der Waals surface area contributed by atoms with Crippen LogP contribution in [0.25, 0.3) is 0 Å². The van der Waals surface area contributed by atoms with Crippen molar-refractivity contribution in [3.05, 3.63) is 30.1 Å². The number of halogens is 1. The van der Waals surface area contributed by atoms with Gasteiger partial charge in [0, 0.05) is 17.8 Å². The lowest BCUT2D eigenvalue weighted by atomic mass is 10.1. The molecule has 0 saturated carbocycles. The second-order valence-corrected chi connectivity index (χ2v) is 5.98. The molecule has 1 aromatic rings. The van der Waals surface area contributed by atoms with Crippen LogP contribution in [0.5, 0.6) is 0 Å². The maximum atomic E-state index is 12.8. The normalized spacial score (nSPS) is 11.7. The average Bonchev–Trinajstić information content (AvgIpc) is 2.43. The first-order valence-electron chi connectivity index (χ1n) is 7.32. The molecular formula is C16H25FN2O3. The van der Waals surface area contributed by atoms with Crippen molar-refractivity contribution in [3.63, 3.8) is 0 Å². The van der Waals surface area contributed by atoms with Crippen LogP contribution >= 0.6 is 0 Å². The third-order valence-corrected chi connectivity index (χ3v) is 3.15. The van der Waals surface area contributed by atoms with Crippen LogP contribution in [0.3, 0.4) is 0 Å². The molecule has 0 bridgehead atoms. The number of aliphatic hydroxyl groups excluding tert-OH is 1. The molecule has 1 amide bonds. The zero-order valence-electron chi connectivity index (χ0n) is 13.4. The van der Waals surface area contributed by atoms with E-state index in [0.29, 0.717) is 25.4 Å². The van der Waals surface area contributed by atoms with Crippen molar-refractivity contribution in [1.82, 2.24) is 4.90 Å². The summed E-state index contributed by atoms with van der Waals surface area (Å²) in [7, 11) is 0. The van der Waals surface area contributed by atoms with Crippen molar-refractivity contribution in [2.75, 3.05) is 38.2 Å². The second kappa shape index (κ2) is 8.82. The molecule has 0 aliphatic heterocycles. The SMILES string of the molecule is CC(C)(C)N(CCOCCO)CC(=O)Nc1ccc(F)cc1. The number of amides is 1. The van der Waals surface area contributed by atoms with E-state index in [9.17, 15) is 9.18 Å². The van der Waals surface area contributed by atoms with Gasteiger partial charge in [0.05, 0.1) is 26.4 Å². The highest BCUT2D eigenvalue weighted by Crippen LogP contribution is 2.14. The molecule has 0 radical (unpaired) electrons. The molecule has 1 rings (SSSR count). The van der Waals surface area contributed by atoms with E-state index in [0.717, 1.165) is 0 Å². The van der Waals surface area contributed by atoms with Crippen LogP contribution in [-0.2, 0) is 9.53 Å². The van der Waals surface area contributed by atoms with Crippen molar-refractivity contribution in [3.8, 4) is 0 Å². The molecule has 0 unspecified atom stereocenters. The lowest BCUT2D eigenvalue weighted by Crippen LogP contribution is -2.47. The number of nitrogens with one attached hydrogen (secondary N) is 1. The molecule has 2 N–H and O–H groups in total. The number of hydrogen-bond donors (Lipinski definition) is 2. The monoisotopic (exact) mass is 312 g/mol. The van der Waals surface area contributed by atoms with Gasteiger partial charge in [-0.1, -0.05) is 0 Å². The van der Waals surface area contributed by atoms with Gasteiger partial charge in [-0.15, -0.1) is 0 Å². The number of carbonyl (C=O) groups excluding carboxylic acids is 1. The highest BCUT2D eigenvalue weighted by Gasteiger charge is 2.23. The van der Waals surface area contributed by atoms with Gasteiger partial charge >= 0.3 is 0 Å². The first-order valence-corrected chi connectivity index (χ1v) is 7.32. The molecule has 5 nitrogen and oxygen atoms in total. The molecule has 0 fully saturated rings. The average molecular weight is 312 g/mol. The molecule has 22 heavy (non-hydrogen) atoms. The van der Waals surface area contributed by atoms with E-state index in [4.69, 9.17) is 9.84 Å². The summed E-state index contributed by atoms with van der Waals surface area (Å²) < 4.78 is 18.1. The predicted octanol–water partition coefficient (Wildman–Crippen LogP) is 1.87. The number of carbonyl (C=O) groups is 1. The van der Waals surface area contributed by atoms with Crippen LogP contribution in [0, 0.1) is 5.82 Å². The van der Waals surface area contributed by atoms with Crippen LogP contribution in [0.15, 0.2) is 24.3 Å². The van der Waals surface area contributed by atoms with E-state index in [2.05, 4.69) is 5.32 Å². The summed E-state index contributed by atoms with van der Waals surface area (Å²) in [6, 6.07) is 5.66. The standard InChI is InChI=1S/C16H25FN2O3/c1-16(2,3)19(8-10-22-11-9-20)12-15(21)18-14-6-4-13(17)5-7-14/h4-7,20H,8-12H2,1-3H3,(H,18,21). The summed E-state index contributed by atoms with van der Waals surface area (Å²) in [6.45, 7) is 7.57. The van der Waals surface area contributed by atoms with Crippen molar-refractivity contribution in [2.45, 2.75) is 26.3 Å². The van der Waals surface area contributed by atoms with Crippen LogP contribution < -0.4 is 5.32 Å². The molecule has 0 atom stereocenters. The summed E-state index contributed by atoms with van der Waals surface area (Å²) in [5, 5.41) is 11.4. The Morgan fingerprint density at radius 2 is 1.91 bits per heavy atom. The summed E-state index contributed by atoms with van der Waals surface area (Å²) in [6.07, 6.45) is 0. The van der Waals surface area contributed by atoms with Gasteiger partial charge in [-0.2, -0.15) is 0 Å². The highest BCUT2D eigenvalue weighted by atomic mass is 19.1. The van der Waals surface area contributed by atoms with E-state index in [1.54, 1.807) is 0 Å². The van der Waals surface area contributed by atoms with E-state index < -0.39 is 0 Å². The number of hydrogen-bond acceptors (Lipinski definition) is 4. The summed E-state index contributed by atoms with van der Waals surface area (Å²) >= 11 is 0. The van der Waals surface area contributed by atoms with Gasteiger partial charge in [0.15, 0.2) is 0 Å². The lowest BCUT2D eigenvalue weighted by Gasteiger charge is -2.34. The number of benzene rings is 1. The largest absolute Gasteiger partial charge is 0.394 e. The van der Waals surface area contributed by atoms with Gasteiger partial charge in [0.1, 0.15) is 5.82 Å². The second-order valence-electron chi connectivity index (χ2n) is 5.98. The minimum absolute atomic E-state index is 0.0133. The fourth-order valence-corrected chi connectivity index (χ4v) is 1.90. The van der Waals surface area contributed by atoms with Crippen molar-refractivity contribution in [1.29, 1.82) is 0 Å². The minimum Gasteiger partial charge on any atom is -0.394 e. The van der Waals surface area contributed by atoms with Crippen LogP contribution in [0.2, 0.25) is 0 Å². The van der Waals surface area contributed by atoms with Gasteiger partial charge in [-0.05, 0) is 45.0 Å². The molecule has 1 aromatic carbocycles. The van der Waals surface area contributed by atoms with Gasteiger partial charge in [-0.3, -0.25) is 9.69 Å². The molecular weight excluding hydrogens is 287 g/mol. The molecule has 0 aliphatic rings. The molecule has 0 spiro atoms. The van der Waals surface area contributed by atoms with Crippen molar-refractivity contribution < 1.29 is 19.0 Å². The number of nitrogens with zero attached hydrogens (tertiary/aromatic N) is 1. The highest BCUT2D eigenvalue weighted by molar-refractivity contribution is 5.92. The first kappa shape index (κ1) is 18.5. The Hall–Kier alpha value is -1.50. The molecule has 0 saturated heterocycles. The molecule has 6 heteroatoms. The maximum Gasteiger partial charge on any atom is 0.238 e. The third-order valence-electron chi connectivity index (χ3n) is 3.15. The van der Waals surface area contributed by atoms with E-state index in [1.165, 1.54) is 24.3 Å². The van der Waals surface area contributed by atoms with Gasteiger partial charge in [0.2, 0.25) is 5.91 Å². The Morgan fingerprint density at radius 3 is 2.45 bits per heavy atom. The van der Waals surface area contributed by atoms with Crippen molar-refractivity contribution >= 4 is 11.6 Å². The molecule has 0 aliphatic carbocycles. The summed E-state index contributed by atoms with van der Waals surface area (Å²) in [5.41, 5.74) is 0.375. The number of rotatable bonds is 8. The minimum atomic E-state index is -0.338. The molecule has 124 valence electrons. The van der Waals surface area contributed by atoms with Gasteiger partial charge < -0.3 is 15.2 Å². The first-order chi connectivity index (χ1) is 10.3. The number of aliphatic hydroxyl groups is 1. The van der Waals surface area contributed by atoms with E-state index in [1.807, 2.05) is 25.7 Å². The lowest BCUT2D eigenvalue weighted by molar-refractivity contribution is -0.118. The van der Waals surface area contributed by atoms with Gasteiger partial charge in [-0.25, -0.2) is 4.39 Å². The third kappa shape index (κ3) is 6.98. The molecule has 0 aromatic heterocycles. The fourth-order valence-electron chi connectivity index (χ4n) is 1.90. The van der Waals surface area contributed by atoms with Crippen LogP contribution in [0.4, 0.5) is 10.1 Å². The van der Waals surface area contributed by atoms with Crippen LogP contribution in [0.1, 0.15) is 20.8 Å². The number of anilines is 1. The van der Waals surface area contributed by atoms with E-state index >= 15 is 0 Å². The Kier molecular flexibility index (Phi) is 7.44. The smallest absolute Gasteiger partial charge is 0.238 e. The van der Waals surface area contributed by atoms with Crippen LogP contribution in [-0.4, -0.2) is 54.4 Å². The zero-order valence-corrected chi connectivity index (χ0v) is 13.4. The Balaban J connectivity index is 2.53. The zero-order chi connectivity index (χ0) is 16.6. The molecule has 0 heterocycles. The Bertz CT molecular complexity index is 457. The summed E-state index contributed by atoms with van der Waals surface area (Å²) in [4.78, 5) is 14.1. The topological polar surface area (TPSA) is 61.8 Å². The Labute approximate surface area is 131 Å². The van der Waals surface area contributed by atoms with Crippen molar-refractivity contribution in [2.24, 2.45) is 0 Å². The predicted molar refractivity (Wildman–Crippen MR) is 84.3 cm³/mol. The van der Waals surface area contributed by atoms with Gasteiger partial charge in [0.25, 0.3) is 0 Å². The Morgan fingerprint density at radius 1 is 1.27 bits per heavy atom. The maximum absolute atomic E-state index is 12.8. The fraction of sp³-hybridized carbons (Fsp3) is 0.562. The quantitative estimate of drug-likeness (QED) is 0.720. The number of ether oxygens (including phenoxy) is 1. The summed E-state index contributed by atoms with van der Waals surface area (Å²) in [5.74, 6) is -0.501.